The molecule has 0 aromatic carbocycles. The van der Waals surface area contributed by atoms with Gasteiger partial charge in [-0.25, -0.2) is 13.9 Å². The number of phosphoric acid groups is 2. The number of ether oxygens (including phenoxy) is 2. The second kappa shape index (κ2) is 10.8. The van der Waals surface area contributed by atoms with Gasteiger partial charge in [0.1, 0.15) is 12.3 Å². The zero-order valence-corrected chi connectivity index (χ0v) is 20.5. The predicted molar refractivity (Wildman–Crippen MR) is 115 cm³/mol. The summed E-state index contributed by atoms with van der Waals surface area (Å²) in [5.41, 5.74) is -1.09. The third-order valence-corrected chi connectivity index (χ3v) is 8.16. The molecular formula is C17H29N3O12P2. The van der Waals surface area contributed by atoms with Gasteiger partial charge in [-0.2, -0.15) is 4.31 Å². The lowest BCUT2D eigenvalue weighted by Crippen LogP contribution is -2.44. The van der Waals surface area contributed by atoms with Crippen LogP contribution in [0.25, 0.3) is 0 Å². The Hall–Kier alpha value is -1.22. The van der Waals surface area contributed by atoms with Crippen LogP contribution in [0.2, 0.25) is 0 Å². The van der Waals surface area contributed by atoms with Gasteiger partial charge in [0, 0.05) is 30.6 Å². The molecule has 34 heavy (non-hydrogen) atoms. The maximum Gasteiger partial charge on any atom is 0.483 e. The van der Waals surface area contributed by atoms with Crippen molar-refractivity contribution in [2.45, 2.75) is 70.0 Å². The number of aryl methyl sites for hydroxylation is 1. The van der Waals surface area contributed by atoms with Gasteiger partial charge in [-0.05, 0) is 27.3 Å². The fourth-order valence-corrected chi connectivity index (χ4v) is 5.91. The van der Waals surface area contributed by atoms with Gasteiger partial charge in [0.15, 0.2) is 6.29 Å². The van der Waals surface area contributed by atoms with Crippen LogP contribution < -0.4 is 16.6 Å². The molecule has 15 nitrogen and oxygen atoms in total. The summed E-state index contributed by atoms with van der Waals surface area (Å²) >= 11 is 0. The van der Waals surface area contributed by atoms with Crippen LogP contribution >= 0.6 is 15.6 Å². The van der Waals surface area contributed by atoms with E-state index in [9.17, 15) is 33.6 Å². The van der Waals surface area contributed by atoms with Crippen LogP contribution in [-0.2, 0) is 32.0 Å². The summed E-state index contributed by atoms with van der Waals surface area (Å²) in [4.78, 5) is 45.4. The Morgan fingerprint density at radius 2 is 1.94 bits per heavy atom. The number of hydrogen-bond donors (Lipinski definition) is 5. The molecule has 0 spiro atoms. The quantitative estimate of drug-likeness (QED) is 0.264. The molecule has 2 unspecified atom stereocenters. The first-order valence-corrected chi connectivity index (χ1v) is 13.5. The summed E-state index contributed by atoms with van der Waals surface area (Å²) in [5.74, 6) is 0. The number of aliphatic hydroxyl groups is 1. The molecule has 0 saturated carbocycles. The summed E-state index contributed by atoms with van der Waals surface area (Å²) in [5, 5.41) is 13.2. The number of aromatic amines is 1. The smallest absolute Gasteiger partial charge is 0.390 e. The molecule has 3 heterocycles. The van der Waals surface area contributed by atoms with Crippen LogP contribution in [0.3, 0.4) is 0 Å². The van der Waals surface area contributed by atoms with Crippen molar-refractivity contribution in [2.75, 3.05) is 13.7 Å². The summed E-state index contributed by atoms with van der Waals surface area (Å²) in [6, 6.07) is 0.0173. The Morgan fingerprint density at radius 3 is 2.59 bits per heavy atom. The van der Waals surface area contributed by atoms with Crippen LogP contribution in [0.4, 0.5) is 0 Å². The van der Waals surface area contributed by atoms with Crippen molar-refractivity contribution in [2.24, 2.45) is 0 Å². The van der Waals surface area contributed by atoms with E-state index in [1.165, 1.54) is 13.1 Å². The fourth-order valence-electron chi connectivity index (χ4n) is 3.73. The van der Waals surface area contributed by atoms with Crippen LogP contribution in [0.15, 0.2) is 15.8 Å². The molecular weight excluding hydrogens is 500 g/mol. The highest BCUT2D eigenvalue weighted by Gasteiger charge is 2.42. The Bertz CT molecular complexity index is 1080. The maximum absolute atomic E-state index is 12.2. The fraction of sp³-hybridized carbons (Fsp3) is 0.765. The van der Waals surface area contributed by atoms with Gasteiger partial charge < -0.3 is 29.7 Å². The molecule has 2 aliphatic heterocycles. The molecule has 2 saturated heterocycles. The predicted octanol–water partition coefficient (Wildman–Crippen LogP) is -0.143. The second-order valence-corrected chi connectivity index (χ2v) is 11.1. The van der Waals surface area contributed by atoms with Gasteiger partial charge in [-0.1, -0.05) is 0 Å². The molecule has 8 atom stereocenters. The van der Waals surface area contributed by atoms with Crippen molar-refractivity contribution in [1.82, 2.24) is 14.9 Å². The minimum Gasteiger partial charge on any atom is -0.390 e. The number of aliphatic hydroxyl groups excluding tert-OH is 1. The molecule has 2 aliphatic rings. The number of nitrogens with zero attached hydrogens (tertiary/aromatic N) is 1. The molecule has 0 amide bonds. The third kappa shape index (κ3) is 6.93. The normalized spacial score (nSPS) is 33.4. The first kappa shape index (κ1) is 27.4. The van der Waals surface area contributed by atoms with E-state index in [1.807, 2.05) is 0 Å². The second-order valence-electron chi connectivity index (χ2n) is 8.07. The molecule has 2 fully saturated rings. The molecule has 5 N–H and O–H groups in total. The molecule has 1 aromatic rings. The Morgan fingerprint density at radius 1 is 1.24 bits per heavy atom. The summed E-state index contributed by atoms with van der Waals surface area (Å²) < 4.78 is 50.3. The maximum atomic E-state index is 12.2. The number of H-pyrrole nitrogens is 1. The average Bonchev–Trinajstić information content (AvgIpc) is 3.08. The van der Waals surface area contributed by atoms with Crippen molar-refractivity contribution < 1.29 is 46.9 Å². The van der Waals surface area contributed by atoms with Crippen LogP contribution in [0.1, 0.15) is 38.0 Å². The lowest BCUT2D eigenvalue weighted by atomic mass is 10.0. The summed E-state index contributed by atoms with van der Waals surface area (Å²) in [7, 11) is -8.43. The van der Waals surface area contributed by atoms with Gasteiger partial charge >= 0.3 is 21.3 Å². The summed E-state index contributed by atoms with van der Waals surface area (Å²) in [6.45, 7) is 2.51. The highest BCUT2D eigenvalue weighted by molar-refractivity contribution is 7.61. The van der Waals surface area contributed by atoms with E-state index in [-0.39, 0.29) is 30.6 Å². The Balaban J connectivity index is 1.55. The highest BCUT2D eigenvalue weighted by Crippen LogP contribution is 2.61. The van der Waals surface area contributed by atoms with Gasteiger partial charge in [0.05, 0.1) is 18.8 Å². The van der Waals surface area contributed by atoms with Crippen LogP contribution in [0, 0.1) is 6.92 Å². The van der Waals surface area contributed by atoms with E-state index < -0.39 is 58.2 Å². The number of hydrogen-bond acceptors (Lipinski definition) is 11. The average molecular weight is 529 g/mol. The van der Waals surface area contributed by atoms with Crippen molar-refractivity contribution in [3.05, 3.63) is 32.6 Å². The van der Waals surface area contributed by atoms with E-state index in [1.54, 1.807) is 14.0 Å². The van der Waals surface area contributed by atoms with Gasteiger partial charge in [0.2, 0.25) is 0 Å². The molecule has 0 radical (unpaired) electrons. The molecule has 17 heteroatoms. The standard InChI is InChI=1S/C17H29N3O12P2/c1-9-7-20(17(23)19-16(9)22)14-6-12(21)13(30-14)8-28-33(24,25)32-34(26,27)31-15-5-4-11(18-3)10(2)29-15/h7,10-15,18,21H,4-6,8H2,1-3H3,(H,24,25)(H,26,27)(H,19,22,23)/t10-,11+,12+,13-,14-,15-/m1/s1. The zero-order chi connectivity index (χ0) is 25.3. The first-order chi connectivity index (χ1) is 15.8. The first-order valence-electron chi connectivity index (χ1n) is 10.5. The van der Waals surface area contributed by atoms with Crippen molar-refractivity contribution in [3.63, 3.8) is 0 Å². The number of likely N-dealkylation sites (N-methyl/N-ethyl adjacent to an activating group) is 1. The number of phosphoric ester groups is 2. The Kier molecular flexibility index (Phi) is 8.70. The number of aromatic nitrogens is 2. The molecule has 194 valence electrons. The minimum atomic E-state index is -5.12. The van der Waals surface area contributed by atoms with Crippen molar-refractivity contribution >= 4 is 15.6 Å². The Labute approximate surface area is 194 Å². The monoisotopic (exact) mass is 529 g/mol. The molecule has 0 bridgehead atoms. The van der Waals surface area contributed by atoms with Crippen LogP contribution in [0.5, 0.6) is 0 Å². The number of nitrogens with one attached hydrogen (secondary N) is 2. The molecule has 0 aliphatic carbocycles. The van der Waals surface area contributed by atoms with E-state index in [0.29, 0.717) is 6.42 Å². The minimum absolute atomic E-state index is 0.0173. The zero-order valence-electron chi connectivity index (χ0n) is 18.7. The van der Waals surface area contributed by atoms with Gasteiger partial charge in [-0.3, -0.25) is 23.4 Å². The van der Waals surface area contributed by atoms with E-state index in [0.717, 1.165) is 4.57 Å². The van der Waals surface area contributed by atoms with E-state index >= 15 is 0 Å². The van der Waals surface area contributed by atoms with Crippen LogP contribution in [-0.4, -0.2) is 68.7 Å². The SMILES string of the molecule is CN[C@H]1CC[C@@H](OP(=O)(O)OP(=O)(O)OC[C@H]2O[C@@H](n3cc(C)c(=O)[nH]c3=O)C[C@@H]2O)O[C@@H]1C. The number of rotatable bonds is 9. The van der Waals surface area contributed by atoms with E-state index in [2.05, 4.69) is 14.6 Å². The summed E-state index contributed by atoms with van der Waals surface area (Å²) in [6.07, 6.45) is -2.84. The molecule has 3 rings (SSSR count). The lowest BCUT2D eigenvalue weighted by Gasteiger charge is -2.34. The van der Waals surface area contributed by atoms with Crippen molar-refractivity contribution in [1.29, 1.82) is 0 Å². The lowest BCUT2D eigenvalue weighted by molar-refractivity contribution is -0.158. The molecule has 1 aromatic heterocycles. The van der Waals surface area contributed by atoms with E-state index in [4.69, 9.17) is 18.5 Å². The topological polar surface area (TPSA) is 208 Å². The highest BCUT2D eigenvalue weighted by atomic mass is 31.3. The van der Waals surface area contributed by atoms with Crippen molar-refractivity contribution in [3.8, 4) is 0 Å². The van der Waals surface area contributed by atoms with Gasteiger partial charge in [0.25, 0.3) is 5.56 Å². The largest absolute Gasteiger partial charge is 0.483 e. The third-order valence-electron chi connectivity index (χ3n) is 5.54. The van der Waals surface area contributed by atoms with Gasteiger partial charge in [-0.15, -0.1) is 0 Å².